The molecule has 10 atom stereocenters. The predicted octanol–water partition coefficient (Wildman–Crippen LogP) is 0.368. The van der Waals surface area contributed by atoms with E-state index < -0.39 is 79.8 Å². The fraction of sp³-hybridized carbons (Fsp3) is 0.500. The van der Waals surface area contributed by atoms with Crippen LogP contribution in [0.15, 0.2) is 23.8 Å². The largest absolute Gasteiger partial charge is 0.780 e. The number of rotatable bonds is 2. The van der Waals surface area contributed by atoms with E-state index >= 15 is 8.78 Å². The van der Waals surface area contributed by atoms with E-state index in [4.69, 9.17) is 58.4 Å². The van der Waals surface area contributed by atoms with Crippen LogP contribution < -0.4 is 21.9 Å². The Morgan fingerprint density at radius 3 is 2.60 bits per heavy atom. The van der Waals surface area contributed by atoms with E-state index in [0.29, 0.717) is 0 Å². The van der Waals surface area contributed by atoms with Crippen molar-refractivity contribution < 1.29 is 41.1 Å². The minimum Gasteiger partial charge on any atom is -0.780 e. The number of aromatic nitrogens is 8. The molecule has 3 saturated heterocycles. The molecule has 242 valence electrons. The van der Waals surface area contributed by atoms with Crippen molar-refractivity contribution in [3.05, 3.63) is 29.3 Å². The number of nitrogens with one attached hydrogen (secondary N) is 1. The second kappa shape index (κ2) is 11.4. The van der Waals surface area contributed by atoms with Crippen molar-refractivity contribution in [1.82, 2.24) is 39.0 Å². The van der Waals surface area contributed by atoms with E-state index in [9.17, 15) is 14.3 Å². The second-order valence-electron chi connectivity index (χ2n) is 10.0. The Kier molecular flexibility index (Phi) is 7.96. The molecule has 0 spiro atoms. The quantitative estimate of drug-likeness (QED) is 0.187. The summed E-state index contributed by atoms with van der Waals surface area (Å²) >= 11 is 11.0. The Bertz CT molecular complexity index is 1950. The number of fused-ring (bicyclic) bond motifs is 5. The maximum Gasteiger partial charge on any atom is 0.280 e. The molecule has 3 aliphatic rings. The molecule has 7 heterocycles. The first-order valence-corrected chi connectivity index (χ1v) is 18.9. The van der Waals surface area contributed by atoms with Crippen molar-refractivity contribution in [2.75, 3.05) is 24.7 Å². The van der Waals surface area contributed by atoms with Crippen LogP contribution in [0.5, 0.6) is 0 Å². The normalized spacial score (nSPS) is 37.7. The van der Waals surface area contributed by atoms with Gasteiger partial charge in [0.1, 0.15) is 48.4 Å². The third-order valence-corrected chi connectivity index (χ3v) is 11.8. The summed E-state index contributed by atoms with van der Waals surface area (Å²) in [6, 6.07) is 0. The molecular formula is C20H20F2N10O8P2S3-2. The molecule has 0 saturated carbocycles. The van der Waals surface area contributed by atoms with Crippen LogP contribution in [-0.4, -0.2) is 88.2 Å². The number of imidazole rings is 2. The number of H-pyrrole nitrogens is 1. The van der Waals surface area contributed by atoms with Gasteiger partial charge in [-0.15, -0.1) is 11.8 Å². The lowest BCUT2D eigenvalue weighted by Crippen LogP contribution is -2.35. The maximum absolute atomic E-state index is 16.0. The lowest BCUT2D eigenvalue weighted by Gasteiger charge is -2.34. The highest BCUT2D eigenvalue weighted by Gasteiger charge is 2.52. The summed E-state index contributed by atoms with van der Waals surface area (Å²) in [6.07, 6.45) is -6.61. The van der Waals surface area contributed by atoms with Crippen molar-refractivity contribution in [1.29, 1.82) is 0 Å². The average Bonchev–Trinajstić information content (AvgIpc) is 3.72. The van der Waals surface area contributed by atoms with Crippen LogP contribution in [0.2, 0.25) is 0 Å². The number of halogens is 2. The van der Waals surface area contributed by atoms with Gasteiger partial charge in [-0.05, 0) is 0 Å². The summed E-state index contributed by atoms with van der Waals surface area (Å²) in [5.74, 6) is -0.195. The van der Waals surface area contributed by atoms with Gasteiger partial charge in [0.15, 0.2) is 41.8 Å². The van der Waals surface area contributed by atoms with Crippen LogP contribution in [0, 0.1) is 0 Å². The van der Waals surface area contributed by atoms with Gasteiger partial charge in [-0.3, -0.25) is 23.5 Å². The van der Waals surface area contributed by atoms with Crippen LogP contribution in [0.3, 0.4) is 0 Å². The highest BCUT2D eigenvalue weighted by molar-refractivity contribution is 8.32. The van der Waals surface area contributed by atoms with Gasteiger partial charge >= 0.3 is 0 Å². The molecule has 0 aliphatic carbocycles. The number of anilines is 2. The third kappa shape index (κ3) is 5.67. The summed E-state index contributed by atoms with van der Waals surface area (Å²) in [6.45, 7) is -10.4. The maximum atomic E-state index is 16.0. The van der Waals surface area contributed by atoms with Crippen molar-refractivity contribution in [3.63, 3.8) is 0 Å². The molecule has 3 aliphatic heterocycles. The number of alkyl halides is 2. The van der Waals surface area contributed by atoms with Crippen LogP contribution in [-0.2, 0) is 51.5 Å². The Labute approximate surface area is 264 Å². The number of hydrogen-bond acceptors (Lipinski definition) is 18. The van der Waals surface area contributed by atoms with Crippen molar-refractivity contribution in [2.24, 2.45) is 0 Å². The first-order chi connectivity index (χ1) is 21.3. The SMILES string of the molecule is Nc1nc2c(ncn2[C@@H]2S[C@@H]3COP([O-])(=S)O[C@H]4[C@H](F)[C@H](n5cnc6c(N)ncnc65)O[C@@H]4COP(=O)([S-])O[C@@H]2[C@H]3F)c(=O)[nH]1. The number of ether oxygens (including phenoxy) is 1. The molecule has 2 bridgehead atoms. The Morgan fingerprint density at radius 2 is 1.80 bits per heavy atom. The predicted molar refractivity (Wildman–Crippen MR) is 157 cm³/mol. The number of hydrogen-bond donors (Lipinski definition) is 3. The molecule has 0 amide bonds. The van der Waals surface area contributed by atoms with Crippen molar-refractivity contribution >= 4 is 83.4 Å². The molecule has 18 nitrogen and oxygen atoms in total. The van der Waals surface area contributed by atoms with Gasteiger partial charge in [0.2, 0.25) is 5.95 Å². The first kappa shape index (κ1) is 31.3. The van der Waals surface area contributed by atoms with Gasteiger partial charge < -0.3 is 51.4 Å². The van der Waals surface area contributed by atoms with E-state index in [2.05, 4.69) is 29.9 Å². The van der Waals surface area contributed by atoms with E-state index in [1.165, 1.54) is 21.8 Å². The van der Waals surface area contributed by atoms with Crippen LogP contribution in [0.25, 0.3) is 22.3 Å². The summed E-state index contributed by atoms with van der Waals surface area (Å²) in [5, 5.41) is -2.24. The zero-order valence-electron chi connectivity index (χ0n) is 22.2. The van der Waals surface area contributed by atoms with Crippen molar-refractivity contribution in [3.8, 4) is 0 Å². The summed E-state index contributed by atoms with van der Waals surface area (Å²) in [7, 11) is 0. The number of aromatic amines is 1. The Hall–Kier alpha value is -2.30. The minimum atomic E-state index is -4.55. The van der Waals surface area contributed by atoms with Gasteiger partial charge in [-0.25, -0.2) is 28.7 Å². The molecule has 0 aromatic carbocycles. The molecule has 4 aromatic heterocycles. The van der Waals surface area contributed by atoms with Gasteiger partial charge in [0, 0.05) is 0 Å². The highest BCUT2D eigenvalue weighted by atomic mass is 32.7. The zero-order chi connectivity index (χ0) is 31.8. The molecule has 4 aromatic rings. The molecule has 3 fully saturated rings. The van der Waals surface area contributed by atoms with Crippen LogP contribution in [0.1, 0.15) is 11.6 Å². The zero-order valence-corrected chi connectivity index (χ0v) is 26.4. The van der Waals surface area contributed by atoms with E-state index in [-0.39, 0.29) is 34.1 Å². The molecule has 2 unspecified atom stereocenters. The standard InChI is InChI=1S/C20H22F2N10O8P2S3/c21-8-7-2-37-42(35,44)39-12-6(38-18(9(12)22)31-4-27-10-14(23)25-3-26-15(10)31)1-36-41(34,43)40-13(8)19(45-7)32-5-28-11-16(32)29-20(24)30-17(11)33/h3-9,12-13,18-19H,1-2H2,(H,34,43)(H,35,44)(H2,23,25,26)(H3,24,29,30,33)/p-2/t6-,7-,8+,9+,12-,13-,18-,19-,41?,42?/m1/s1. The monoisotopic (exact) mass is 724 g/mol. The Morgan fingerprint density at radius 1 is 1.04 bits per heavy atom. The molecule has 0 radical (unpaired) electrons. The lowest BCUT2D eigenvalue weighted by atomic mass is 10.1. The van der Waals surface area contributed by atoms with Crippen molar-refractivity contribution in [2.45, 2.75) is 47.5 Å². The summed E-state index contributed by atoms with van der Waals surface area (Å²) in [4.78, 5) is 48.0. The Balaban J connectivity index is 1.21. The number of nitrogens with two attached hydrogens (primary N) is 2. The number of nitrogen functional groups attached to an aromatic ring is 2. The first-order valence-electron chi connectivity index (χ1n) is 12.8. The second-order valence-corrected chi connectivity index (χ2v) is 16.8. The summed E-state index contributed by atoms with van der Waals surface area (Å²) < 4.78 is 75.4. The molecule has 45 heavy (non-hydrogen) atoms. The van der Waals surface area contributed by atoms with Gasteiger partial charge in [0.25, 0.3) is 5.56 Å². The average molecular weight is 725 g/mol. The number of nitrogens with zero attached hydrogens (tertiary/aromatic N) is 7. The van der Waals surface area contributed by atoms with E-state index in [1.54, 1.807) is 0 Å². The highest BCUT2D eigenvalue weighted by Crippen LogP contribution is 2.57. The fourth-order valence-electron chi connectivity index (χ4n) is 5.22. The van der Waals surface area contributed by atoms with E-state index in [1.807, 2.05) is 0 Å². The smallest absolute Gasteiger partial charge is 0.280 e. The molecular weight excluding hydrogens is 704 g/mol. The molecule has 7 rings (SSSR count). The van der Waals surface area contributed by atoms with Gasteiger partial charge in [-0.2, -0.15) is 4.98 Å². The third-order valence-electron chi connectivity index (χ3n) is 7.21. The minimum absolute atomic E-state index is 0.0177. The van der Waals surface area contributed by atoms with Crippen LogP contribution >= 0.6 is 25.3 Å². The molecule has 5 N–H and O–H groups in total. The van der Waals surface area contributed by atoms with Crippen LogP contribution in [0.4, 0.5) is 20.5 Å². The fourth-order valence-corrected chi connectivity index (χ4v) is 9.69. The molecule has 25 heteroatoms. The van der Waals surface area contributed by atoms with Gasteiger partial charge in [0.05, 0.1) is 31.1 Å². The number of thioether (sulfide) groups is 1. The van der Waals surface area contributed by atoms with E-state index in [0.717, 1.165) is 18.1 Å². The van der Waals surface area contributed by atoms with Gasteiger partial charge in [-0.1, -0.05) is 11.8 Å². The lowest BCUT2D eigenvalue weighted by molar-refractivity contribution is -0.214. The summed E-state index contributed by atoms with van der Waals surface area (Å²) in [5.41, 5.74) is 11.1. The topological polar surface area (TPSA) is 245 Å².